The maximum atomic E-state index is 12.3. The average molecular weight is 286 g/mol. The maximum absolute atomic E-state index is 12.3. The second kappa shape index (κ2) is 5.83. The Kier molecular flexibility index (Phi) is 4.32. The number of nitrogens with one attached hydrogen (secondary N) is 2. The lowest BCUT2D eigenvalue weighted by atomic mass is 9.88. The van der Waals surface area contributed by atoms with Crippen LogP contribution in [0.25, 0.3) is 0 Å². The van der Waals surface area contributed by atoms with Gasteiger partial charge < -0.3 is 10.6 Å². The number of carbonyl (C=O) groups excluding carboxylic acids is 1. The van der Waals surface area contributed by atoms with Gasteiger partial charge in [-0.3, -0.25) is 4.79 Å². The summed E-state index contributed by atoms with van der Waals surface area (Å²) in [5.41, 5.74) is 0.559. The topological polar surface area (TPSA) is 41.1 Å². The molecule has 2 rings (SSSR count). The van der Waals surface area contributed by atoms with Crippen molar-refractivity contribution in [2.45, 2.75) is 19.5 Å². The first kappa shape index (κ1) is 14.8. The van der Waals surface area contributed by atoms with E-state index in [0.29, 0.717) is 11.6 Å². The van der Waals surface area contributed by atoms with Crippen LogP contribution in [0.5, 0.6) is 0 Å². The van der Waals surface area contributed by atoms with Gasteiger partial charge in [-0.15, -0.1) is 0 Å². The van der Waals surface area contributed by atoms with Crippen LogP contribution in [0.4, 0.5) is 18.9 Å². The second-order valence-corrected chi connectivity index (χ2v) is 5.19. The van der Waals surface area contributed by atoms with Gasteiger partial charge in [0.05, 0.1) is 6.42 Å². The third kappa shape index (κ3) is 3.96. The van der Waals surface area contributed by atoms with E-state index in [2.05, 4.69) is 10.6 Å². The Bertz CT molecular complexity index is 484. The van der Waals surface area contributed by atoms with E-state index in [0.717, 1.165) is 13.1 Å². The van der Waals surface area contributed by atoms with Gasteiger partial charge in [-0.05, 0) is 36.7 Å². The fourth-order valence-corrected chi connectivity index (χ4v) is 2.13. The molecule has 1 aromatic rings. The Morgan fingerprint density at radius 1 is 1.45 bits per heavy atom. The largest absolute Gasteiger partial charge is 0.393 e. The van der Waals surface area contributed by atoms with Crippen LogP contribution >= 0.6 is 0 Å². The molecule has 1 saturated heterocycles. The highest BCUT2D eigenvalue weighted by Gasteiger charge is 2.29. The van der Waals surface area contributed by atoms with Crippen LogP contribution in [0.3, 0.4) is 0 Å². The molecule has 20 heavy (non-hydrogen) atoms. The molecule has 1 aromatic carbocycles. The first-order valence-electron chi connectivity index (χ1n) is 6.52. The highest BCUT2D eigenvalue weighted by atomic mass is 19.4. The van der Waals surface area contributed by atoms with Crippen molar-refractivity contribution in [3.8, 4) is 0 Å². The first-order chi connectivity index (χ1) is 9.35. The summed E-state index contributed by atoms with van der Waals surface area (Å²) in [4.78, 5) is 12.0. The van der Waals surface area contributed by atoms with E-state index in [1.807, 2.05) is 6.92 Å². The van der Waals surface area contributed by atoms with Crippen molar-refractivity contribution in [2.24, 2.45) is 11.8 Å². The Labute approximate surface area is 115 Å². The van der Waals surface area contributed by atoms with Crippen LogP contribution in [0, 0.1) is 11.8 Å². The molecular formula is C14H17F3N2O. The van der Waals surface area contributed by atoms with Crippen molar-refractivity contribution < 1.29 is 18.0 Å². The van der Waals surface area contributed by atoms with E-state index in [-0.39, 0.29) is 17.4 Å². The lowest BCUT2D eigenvalue weighted by Crippen LogP contribution is -2.48. The zero-order valence-corrected chi connectivity index (χ0v) is 11.1. The lowest BCUT2D eigenvalue weighted by molar-refractivity contribution is -0.127. The molecule has 1 heterocycles. The molecule has 0 saturated carbocycles. The second-order valence-electron chi connectivity index (χ2n) is 5.19. The molecule has 0 spiro atoms. The van der Waals surface area contributed by atoms with E-state index in [4.69, 9.17) is 0 Å². The predicted octanol–water partition coefficient (Wildman–Crippen LogP) is 2.59. The van der Waals surface area contributed by atoms with E-state index in [1.165, 1.54) is 18.2 Å². The van der Waals surface area contributed by atoms with Gasteiger partial charge in [0, 0.05) is 11.6 Å². The third-order valence-corrected chi connectivity index (χ3v) is 3.53. The van der Waals surface area contributed by atoms with Crippen LogP contribution in [-0.2, 0) is 11.2 Å². The number of carbonyl (C=O) groups is 1. The quantitative estimate of drug-likeness (QED) is 0.893. The number of anilines is 1. The van der Waals surface area contributed by atoms with Crippen LogP contribution in [0.2, 0.25) is 0 Å². The summed E-state index contributed by atoms with van der Waals surface area (Å²) in [5.74, 6) is -0.00320. The minimum atomic E-state index is -4.24. The Hall–Kier alpha value is -1.56. The highest BCUT2D eigenvalue weighted by molar-refractivity contribution is 5.92. The molecule has 1 fully saturated rings. The predicted molar refractivity (Wildman–Crippen MR) is 70.4 cm³/mol. The summed E-state index contributed by atoms with van der Waals surface area (Å²) in [7, 11) is 0. The number of amides is 1. The van der Waals surface area contributed by atoms with Gasteiger partial charge in [0.1, 0.15) is 0 Å². The van der Waals surface area contributed by atoms with E-state index < -0.39 is 12.6 Å². The van der Waals surface area contributed by atoms with Gasteiger partial charge in [-0.2, -0.15) is 13.2 Å². The Morgan fingerprint density at radius 2 is 2.15 bits per heavy atom. The minimum Gasteiger partial charge on any atom is -0.326 e. The Morgan fingerprint density at radius 3 is 2.70 bits per heavy atom. The molecule has 0 radical (unpaired) electrons. The van der Waals surface area contributed by atoms with Crippen molar-refractivity contribution in [2.75, 3.05) is 18.4 Å². The SMILES string of the molecule is CC(C(=O)Nc1cccc(CC(F)(F)F)c1)C1CNC1. The zero-order valence-electron chi connectivity index (χ0n) is 11.1. The van der Waals surface area contributed by atoms with Gasteiger partial charge in [0.2, 0.25) is 5.91 Å². The molecular weight excluding hydrogens is 269 g/mol. The van der Waals surface area contributed by atoms with Crippen LogP contribution in [0.15, 0.2) is 24.3 Å². The minimum absolute atomic E-state index is 0.147. The Balaban J connectivity index is 1.98. The fourth-order valence-electron chi connectivity index (χ4n) is 2.13. The molecule has 0 bridgehead atoms. The van der Waals surface area contributed by atoms with Gasteiger partial charge in [-0.1, -0.05) is 19.1 Å². The van der Waals surface area contributed by atoms with Gasteiger partial charge in [0.15, 0.2) is 0 Å². The average Bonchev–Trinajstić information content (AvgIpc) is 2.24. The molecule has 1 unspecified atom stereocenters. The van der Waals surface area contributed by atoms with Crippen molar-refractivity contribution in [3.05, 3.63) is 29.8 Å². The number of hydrogen-bond acceptors (Lipinski definition) is 2. The van der Waals surface area contributed by atoms with Gasteiger partial charge in [0.25, 0.3) is 0 Å². The van der Waals surface area contributed by atoms with Gasteiger partial charge >= 0.3 is 6.18 Å². The molecule has 1 amide bonds. The van der Waals surface area contributed by atoms with E-state index >= 15 is 0 Å². The number of alkyl halides is 3. The fraction of sp³-hybridized carbons (Fsp3) is 0.500. The highest BCUT2D eigenvalue weighted by Crippen LogP contribution is 2.23. The van der Waals surface area contributed by atoms with Crippen molar-refractivity contribution in [3.63, 3.8) is 0 Å². The molecule has 1 aliphatic heterocycles. The number of benzene rings is 1. The summed E-state index contributed by atoms with van der Waals surface area (Å²) in [6.45, 7) is 3.45. The molecule has 3 nitrogen and oxygen atoms in total. The summed E-state index contributed by atoms with van der Waals surface area (Å²) < 4.78 is 37.0. The maximum Gasteiger partial charge on any atom is 0.393 e. The number of hydrogen-bond donors (Lipinski definition) is 2. The monoisotopic (exact) mass is 286 g/mol. The molecule has 0 aromatic heterocycles. The first-order valence-corrected chi connectivity index (χ1v) is 6.52. The normalized spacial score (nSPS) is 17.4. The molecule has 2 N–H and O–H groups in total. The molecule has 1 aliphatic rings. The summed E-state index contributed by atoms with van der Waals surface area (Å²) in [5, 5.41) is 5.77. The summed E-state index contributed by atoms with van der Waals surface area (Å²) in [6.07, 6.45) is -5.23. The zero-order chi connectivity index (χ0) is 14.8. The lowest BCUT2D eigenvalue weighted by Gasteiger charge is -2.31. The smallest absolute Gasteiger partial charge is 0.326 e. The molecule has 110 valence electrons. The molecule has 1 atom stereocenters. The van der Waals surface area contributed by atoms with Crippen molar-refractivity contribution >= 4 is 11.6 Å². The summed E-state index contributed by atoms with van der Waals surface area (Å²) in [6, 6.07) is 5.90. The van der Waals surface area contributed by atoms with Gasteiger partial charge in [-0.25, -0.2) is 0 Å². The van der Waals surface area contributed by atoms with Crippen molar-refractivity contribution in [1.82, 2.24) is 5.32 Å². The van der Waals surface area contributed by atoms with Crippen LogP contribution in [0.1, 0.15) is 12.5 Å². The van der Waals surface area contributed by atoms with Crippen molar-refractivity contribution in [1.29, 1.82) is 0 Å². The van der Waals surface area contributed by atoms with Crippen LogP contribution in [-0.4, -0.2) is 25.2 Å². The third-order valence-electron chi connectivity index (χ3n) is 3.53. The van der Waals surface area contributed by atoms with Crippen LogP contribution < -0.4 is 10.6 Å². The molecule has 0 aliphatic carbocycles. The molecule has 6 heteroatoms. The summed E-state index contributed by atoms with van der Waals surface area (Å²) >= 11 is 0. The van der Waals surface area contributed by atoms with E-state index in [9.17, 15) is 18.0 Å². The number of rotatable bonds is 4. The number of halogens is 3. The standard InChI is InChI=1S/C14H17F3N2O/c1-9(11-7-18-8-11)13(20)19-12-4-2-3-10(5-12)6-14(15,16)17/h2-5,9,11,18H,6-8H2,1H3,(H,19,20). The van der Waals surface area contributed by atoms with E-state index in [1.54, 1.807) is 6.07 Å².